The fourth-order valence-electron chi connectivity index (χ4n) is 4.20. The summed E-state index contributed by atoms with van der Waals surface area (Å²) < 4.78 is 37.5. The van der Waals surface area contributed by atoms with Crippen molar-refractivity contribution in [2.75, 3.05) is 24.8 Å². The zero-order valence-corrected chi connectivity index (χ0v) is 22.8. The van der Waals surface area contributed by atoms with E-state index in [-0.39, 0.29) is 29.5 Å². The van der Waals surface area contributed by atoms with Gasteiger partial charge in [0, 0.05) is 12.1 Å². The molecule has 2 aromatic carbocycles. The van der Waals surface area contributed by atoms with Gasteiger partial charge in [0.15, 0.2) is 0 Å². The molecule has 2 aromatic rings. The van der Waals surface area contributed by atoms with Crippen molar-refractivity contribution in [2.24, 2.45) is 0 Å². The van der Waals surface area contributed by atoms with E-state index in [1.807, 2.05) is 39.8 Å². The van der Waals surface area contributed by atoms with Gasteiger partial charge >= 0.3 is 0 Å². The molecule has 0 aliphatic carbocycles. The Hall–Kier alpha value is -3.34. The third-order valence-electron chi connectivity index (χ3n) is 6.01. The fourth-order valence-corrected chi connectivity index (χ4v) is 5.40. The van der Waals surface area contributed by atoms with Gasteiger partial charge in [0.2, 0.25) is 15.9 Å². The van der Waals surface area contributed by atoms with Gasteiger partial charge in [0.25, 0.3) is 5.69 Å². The molecule has 1 N–H and O–H groups in total. The van der Waals surface area contributed by atoms with Gasteiger partial charge in [-0.2, -0.15) is 0 Å². The van der Waals surface area contributed by atoms with Crippen LogP contribution in [0.2, 0.25) is 0 Å². The van der Waals surface area contributed by atoms with Crippen LogP contribution in [0.15, 0.2) is 30.3 Å². The Labute approximate surface area is 212 Å². The summed E-state index contributed by atoms with van der Waals surface area (Å²) in [5.74, 6) is 0.507. The van der Waals surface area contributed by atoms with E-state index < -0.39 is 32.9 Å². The number of carbonyl (C=O) groups is 1. The van der Waals surface area contributed by atoms with Crippen LogP contribution in [0, 0.1) is 17.0 Å². The molecule has 0 unspecified atom stereocenters. The molecule has 0 heterocycles. The molecule has 0 aromatic heterocycles. The number of sulfonamides is 1. The highest BCUT2D eigenvalue weighted by molar-refractivity contribution is 7.92. The van der Waals surface area contributed by atoms with Gasteiger partial charge in [-0.05, 0) is 61.1 Å². The van der Waals surface area contributed by atoms with Gasteiger partial charge in [-0.3, -0.25) is 19.2 Å². The van der Waals surface area contributed by atoms with E-state index in [1.165, 1.54) is 19.2 Å². The average Bonchev–Trinajstić information content (AvgIpc) is 2.80. The first kappa shape index (κ1) is 28.9. The van der Waals surface area contributed by atoms with Crippen LogP contribution < -0.4 is 19.1 Å². The van der Waals surface area contributed by atoms with Crippen molar-refractivity contribution in [1.29, 1.82) is 0 Å². The predicted octanol–water partition coefficient (Wildman–Crippen LogP) is 4.47. The molecule has 198 valence electrons. The van der Waals surface area contributed by atoms with Crippen LogP contribution in [0.25, 0.3) is 0 Å². The molecule has 0 saturated heterocycles. The summed E-state index contributed by atoms with van der Waals surface area (Å²) >= 11 is 0. The molecule has 0 bridgehead atoms. The number of nitrogens with zero attached hydrogens (tertiary/aromatic N) is 2. The lowest BCUT2D eigenvalue weighted by molar-refractivity contribution is -0.384. The molecule has 0 saturated carbocycles. The molecule has 0 aliphatic heterocycles. The van der Waals surface area contributed by atoms with E-state index in [1.54, 1.807) is 14.0 Å². The Balaban J connectivity index is 2.52. The normalized spacial score (nSPS) is 13.1. The standard InChI is InChI=1S/C25H35N3O7S/c1-9-21(27(36(8,32)33)22-13-18(28(30)31)10-11-23(22)34-6)25(29)26-17(5)20-14-19(15(2)3)24(35-7)12-16(20)4/h10-15,17,21H,9H2,1-8H3,(H,26,29)/t17-,21-/m0/s1. The number of hydrogen-bond donors (Lipinski definition) is 1. The van der Waals surface area contributed by atoms with Gasteiger partial charge in [0.05, 0.1) is 31.4 Å². The zero-order chi connectivity index (χ0) is 27.4. The summed E-state index contributed by atoms with van der Waals surface area (Å²) in [5, 5.41) is 14.3. The first-order valence-electron chi connectivity index (χ1n) is 11.6. The number of nitro benzene ring substituents is 1. The van der Waals surface area contributed by atoms with E-state index in [9.17, 15) is 23.3 Å². The molecule has 10 nitrogen and oxygen atoms in total. The molecular weight excluding hydrogens is 486 g/mol. The van der Waals surface area contributed by atoms with Crippen molar-refractivity contribution in [1.82, 2.24) is 5.32 Å². The summed E-state index contributed by atoms with van der Waals surface area (Å²) in [7, 11) is -1.09. The van der Waals surface area contributed by atoms with E-state index in [2.05, 4.69) is 5.32 Å². The summed E-state index contributed by atoms with van der Waals surface area (Å²) in [5.41, 5.74) is 2.38. The van der Waals surface area contributed by atoms with Crippen LogP contribution in [0.1, 0.15) is 62.8 Å². The maximum Gasteiger partial charge on any atom is 0.271 e. The molecule has 0 aliphatic rings. The average molecular weight is 522 g/mol. The third-order valence-corrected chi connectivity index (χ3v) is 7.17. The number of hydrogen-bond acceptors (Lipinski definition) is 7. The highest BCUT2D eigenvalue weighted by Gasteiger charge is 2.35. The van der Waals surface area contributed by atoms with Crippen LogP contribution in [0.5, 0.6) is 11.5 Å². The molecule has 0 fully saturated rings. The highest BCUT2D eigenvalue weighted by Crippen LogP contribution is 2.36. The largest absolute Gasteiger partial charge is 0.496 e. The summed E-state index contributed by atoms with van der Waals surface area (Å²) in [6.45, 7) is 9.50. The van der Waals surface area contributed by atoms with Crippen molar-refractivity contribution >= 4 is 27.3 Å². The first-order valence-corrected chi connectivity index (χ1v) is 13.4. The number of rotatable bonds is 11. The Kier molecular flexibility index (Phi) is 9.31. The molecule has 11 heteroatoms. The van der Waals surface area contributed by atoms with E-state index in [0.29, 0.717) is 0 Å². The fraction of sp³-hybridized carbons (Fsp3) is 0.480. The van der Waals surface area contributed by atoms with E-state index in [0.717, 1.165) is 39.1 Å². The Morgan fingerprint density at radius 3 is 2.17 bits per heavy atom. The zero-order valence-electron chi connectivity index (χ0n) is 22.0. The minimum absolute atomic E-state index is 0.0772. The number of ether oxygens (including phenoxy) is 2. The van der Waals surface area contributed by atoms with Gasteiger partial charge in [0.1, 0.15) is 23.2 Å². The Bertz CT molecular complexity index is 1230. The molecule has 1 amide bonds. The van der Waals surface area contributed by atoms with E-state index in [4.69, 9.17) is 9.47 Å². The number of aryl methyl sites for hydroxylation is 1. The molecule has 0 radical (unpaired) electrons. The lowest BCUT2D eigenvalue weighted by Gasteiger charge is -2.32. The number of methoxy groups -OCH3 is 2. The van der Waals surface area contributed by atoms with Crippen molar-refractivity contribution in [2.45, 2.75) is 59.0 Å². The second-order valence-electron chi connectivity index (χ2n) is 8.93. The van der Waals surface area contributed by atoms with Crippen molar-refractivity contribution in [3.8, 4) is 11.5 Å². The predicted molar refractivity (Wildman–Crippen MR) is 139 cm³/mol. The summed E-state index contributed by atoms with van der Waals surface area (Å²) in [6, 6.07) is 5.92. The minimum Gasteiger partial charge on any atom is -0.496 e. The third kappa shape index (κ3) is 6.26. The number of carbonyl (C=O) groups excluding carboxylic acids is 1. The number of nitro groups is 1. The second-order valence-corrected chi connectivity index (χ2v) is 10.8. The number of non-ortho nitro benzene ring substituents is 1. The minimum atomic E-state index is -4.03. The Morgan fingerprint density at radius 1 is 1.08 bits per heavy atom. The van der Waals surface area contributed by atoms with E-state index >= 15 is 0 Å². The first-order chi connectivity index (χ1) is 16.8. The maximum absolute atomic E-state index is 13.5. The lowest BCUT2D eigenvalue weighted by Crippen LogP contribution is -2.50. The van der Waals surface area contributed by atoms with Crippen LogP contribution in [-0.4, -0.2) is 45.8 Å². The van der Waals surface area contributed by atoms with Crippen LogP contribution >= 0.6 is 0 Å². The molecular formula is C25H35N3O7S. The molecule has 0 spiro atoms. The molecule has 2 atom stereocenters. The number of nitrogens with one attached hydrogen (secondary N) is 1. The number of anilines is 1. The number of benzene rings is 2. The number of amides is 1. The van der Waals surface area contributed by atoms with Crippen LogP contribution in [-0.2, 0) is 14.8 Å². The Morgan fingerprint density at radius 2 is 1.69 bits per heavy atom. The van der Waals surface area contributed by atoms with Gasteiger partial charge in [-0.15, -0.1) is 0 Å². The van der Waals surface area contributed by atoms with Crippen molar-refractivity contribution in [3.05, 3.63) is 57.1 Å². The van der Waals surface area contributed by atoms with Gasteiger partial charge in [-0.1, -0.05) is 20.8 Å². The second kappa shape index (κ2) is 11.6. The maximum atomic E-state index is 13.5. The van der Waals surface area contributed by atoms with Crippen LogP contribution in [0.4, 0.5) is 11.4 Å². The van der Waals surface area contributed by atoms with Gasteiger partial charge < -0.3 is 14.8 Å². The summed E-state index contributed by atoms with van der Waals surface area (Å²) in [4.78, 5) is 24.2. The topological polar surface area (TPSA) is 128 Å². The molecule has 2 rings (SSSR count). The smallest absolute Gasteiger partial charge is 0.271 e. The molecule has 36 heavy (non-hydrogen) atoms. The van der Waals surface area contributed by atoms with Crippen molar-refractivity contribution < 1.29 is 27.6 Å². The lowest BCUT2D eigenvalue weighted by atomic mass is 9.93. The van der Waals surface area contributed by atoms with Gasteiger partial charge in [-0.25, -0.2) is 8.42 Å². The SMILES string of the molecule is CC[C@@H](C(=O)N[C@@H](C)c1cc(C(C)C)c(OC)cc1C)N(c1cc([N+](=O)[O-])ccc1OC)S(C)(=O)=O. The summed E-state index contributed by atoms with van der Waals surface area (Å²) in [6.07, 6.45) is 1.07. The van der Waals surface area contributed by atoms with Crippen LogP contribution in [0.3, 0.4) is 0 Å². The quantitative estimate of drug-likeness (QED) is 0.341. The monoisotopic (exact) mass is 521 g/mol. The van der Waals surface area contributed by atoms with Crippen molar-refractivity contribution in [3.63, 3.8) is 0 Å². The highest BCUT2D eigenvalue weighted by atomic mass is 32.2.